The molecular formula is C16H26N2O5Si. The summed E-state index contributed by atoms with van der Waals surface area (Å²) in [5.74, 6) is -0.188. The molecule has 8 heteroatoms. The number of aromatic nitrogens is 2. The van der Waals surface area contributed by atoms with Gasteiger partial charge in [-0.25, -0.2) is 4.79 Å². The third-order valence-corrected chi connectivity index (χ3v) is 9.36. The number of hydrogen-bond donors (Lipinski definition) is 1. The van der Waals surface area contributed by atoms with E-state index in [9.17, 15) is 14.4 Å². The van der Waals surface area contributed by atoms with Crippen LogP contribution in [-0.2, 0) is 14.0 Å². The summed E-state index contributed by atoms with van der Waals surface area (Å²) in [5.41, 5.74) is -0.749. The first kappa shape index (κ1) is 18.8. The Balaban J connectivity index is 2.11. The molecule has 0 unspecified atom stereocenters. The number of nitrogens with zero attached hydrogens (tertiary/aromatic N) is 1. The highest BCUT2D eigenvalue weighted by Crippen LogP contribution is 2.37. The summed E-state index contributed by atoms with van der Waals surface area (Å²) >= 11 is 0. The van der Waals surface area contributed by atoms with Crippen molar-refractivity contribution in [2.75, 3.05) is 6.61 Å². The Hall–Kier alpha value is -1.51. The molecule has 0 bridgehead atoms. The summed E-state index contributed by atoms with van der Waals surface area (Å²) in [6.45, 7) is 12.6. The van der Waals surface area contributed by atoms with E-state index in [1.807, 2.05) is 0 Å². The molecule has 1 aromatic rings. The van der Waals surface area contributed by atoms with E-state index in [0.29, 0.717) is 12.2 Å². The van der Waals surface area contributed by atoms with Gasteiger partial charge >= 0.3 is 5.69 Å². The van der Waals surface area contributed by atoms with Crippen molar-refractivity contribution in [3.63, 3.8) is 0 Å². The van der Waals surface area contributed by atoms with Crippen molar-refractivity contribution in [2.45, 2.75) is 64.6 Å². The molecule has 1 aliphatic rings. The highest BCUT2D eigenvalue weighted by atomic mass is 28.4. The van der Waals surface area contributed by atoms with Gasteiger partial charge in [0.25, 0.3) is 5.56 Å². The van der Waals surface area contributed by atoms with E-state index in [4.69, 9.17) is 9.16 Å². The molecule has 1 aromatic heterocycles. The lowest BCUT2D eigenvalue weighted by atomic mass is 10.2. The number of aryl methyl sites for hydroxylation is 1. The summed E-state index contributed by atoms with van der Waals surface area (Å²) in [5, 5.41) is 0.0714. The van der Waals surface area contributed by atoms with Gasteiger partial charge in [0.1, 0.15) is 0 Å². The number of carbonyl (C=O) groups excluding carboxylic acids is 1. The van der Waals surface area contributed by atoms with E-state index >= 15 is 0 Å². The van der Waals surface area contributed by atoms with Gasteiger partial charge in [0.2, 0.25) is 0 Å². The van der Waals surface area contributed by atoms with Crippen LogP contribution >= 0.6 is 0 Å². The minimum atomic E-state index is -1.93. The first-order valence-corrected chi connectivity index (χ1v) is 11.0. The van der Waals surface area contributed by atoms with E-state index in [2.05, 4.69) is 38.8 Å². The first-order chi connectivity index (χ1) is 10.9. The van der Waals surface area contributed by atoms with Crippen molar-refractivity contribution in [2.24, 2.45) is 0 Å². The van der Waals surface area contributed by atoms with Crippen LogP contribution in [0.5, 0.6) is 0 Å². The van der Waals surface area contributed by atoms with Crippen molar-refractivity contribution < 1.29 is 14.0 Å². The van der Waals surface area contributed by atoms with Crippen LogP contribution in [0.2, 0.25) is 18.1 Å². The molecule has 1 N–H and O–H groups in total. The van der Waals surface area contributed by atoms with Crippen LogP contribution in [0.3, 0.4) is 0 Å². The molecule has 0 radical (unpaired) electrons. The van der Waals surface area contributed by atoms with E-state index in [-0.39, 0.29) is 23.3 Å². The number of rotatable bonds is 4. The number of nitrogens with one attached hydrogen (secondary N) is 1. The van der Waals surface area contributed by atoms with E-state index < -0.39 is 25.8 Å². The number of ether oxygens (including phenoxy) is 1. The summed E-state index contributed by atoms with van der Waals surface area (Å²) in [7, 11) is -1.93. The lowest BCUT2D eigenvalue weighted by molar-refractivity contribution is -0.127. The molecule has 0 aliphatic carbocycles. The third-order valence-electron chi connectivity index (χ3n) is 4.86. The van der Waals surface area contributed by atoms with Crippen LogP contribution in [0.25, 0.3) is 0 Å². The Morgan fingerprint density at radius 3 is 2.54 bits per heavy atom. The number of Topliss-reactive ketones (excluding diaryl/α,β-unsaturated/α-hetero) is 1. The smallest absolute Gasteiger partial charge is 0.330 e. The van der Waals surface area contributed by atoms with Crippen molar-refractivity contribution in [1.82, 2.24) is 9.55 Å². The van der Waals surface area contributed by atoms with Crippen LogP contribution in [0, 0.1) is 6.92 Å². The molecule has 134 valence electrons. The Morgan fingerprint density at radius 1 is 1.33 bits per heavy atom. The Kier molecular flexibility index (Phi) is 5.03. The summed E-state index contributed by atoms with van der Waals surface area (Å²) in [6, 6.07) is 0. The van der Waals surface area contributed by atoms with Crippen molar-refractivity contribution >= 4 is 14.1 Å². The van der Waals surface area contributed by atoms with Gasteiger partial charge in [0.05, 0.1) is 12.7 Å². The lowest BCUT2D eigenvalue weighted by Crippen LogP contribution is -2.42. The van der Waals surface area contributed by atoms with Gasteiger partial charge in [-0.2, -0.15) is 0 Å². The summed E-state index contributed by atoms with van der Waals surface area (Å²) < 4.78 is 13.0. The van der Waals surface area contributed by atoms with Crippen LogP contribution in [0.4, 0.5) is 0 Å². The maximum Gasteiger partial charge on any atom is 0.330 e. The molecule has 0 saturated carbocycles. The van der Waals surface area contributed by atoms with Gasteiger partial charge < -0.3 is 9.16 Å². The maximum absolute atomic E-state index is 12.2. The van der Waals surface area contributed by atoms with Gasteiger partial charge in [-0.1, -0.05) is 20.8 Å². The van der Waals surface area contributed by atoms with Crippen LogP contribution in [0.1, 0.15) is 39.0 Å². The Bertz CT molecular complexity index is 744. The summed E-state index contributed by atoms with van der Waals surface area (Å²) in [4.78, 5) is 37.8. The molecule has 0 aromatic carbocycles. The predicted molar refractivity (Wildman–Crippen MR) is 92.7 cm³/mol. The second-order valence-corrected chi connectivity index (χ2v) is 12.6. The zero-order valence-corrected chi connectivity index (χ0v) is 16.1. The number of carbonyl (C=O) groups is 1. The predicted octanol–water partition coefficient (Wildman–Crippen LogP) is 1.72. The number of ketones is 1. The average molecular weight is 354 g/mol. The van der Waals surface area contributed by atoms with Gasteiger partial charge in [0, 0.05) is 18.2 Å². The molecule has 2 atom stereocenters. The topological polar surface area (TPSA) is 90.4 Å². The lowest BCUT2D eigenvalue weighted by Gasteiger charge is -2.36. The molecule has 1 saturated heterocycles. The van der Waals surface area contributed by atoms with E-state index in [1.54, 1.807) is 6.92 Å². The minimum Gasteiger partial charge on any atom is -0.414 e. The molecule has 1 aliphatic heterocycles. The highest BCUT2D eigenvalue weighted by Gasteiger charge is 2.40. The molecule has 1 fully saturated rings. The normalized spacial score (nSPS) is 22.2. The van der Waals surface area contributed by atoms with Crippen molar-refractivity contribution in [3.8, 4) is 0 Å². The third kappa shape index (κ3) is 3.76. The van der Waals surface area contributed by atoms with Gasteiger partial charge in [-0.15, -0.1) is 0 Å². The number of aromatic amines is 1. The second-order valence-electron chi connectivity index (χ2n) is 7.83. The highest BCUT2D eigenvalue weighted by molar-refractivity contribution is 6.74. The first-order valence-electron chi connectivity index (χ1n) is 8.06. The SMILES string of the molecule is Cc1cn([C@@H]2O[C@H](CO[Si](C)(C)C(C)(C)C)CC2=O)c(=O)[nH]c1=O. The largest absolute Gasteiger partial charge is 0.414 e. The molecule has 0 amide bonds. The van der Waals surface area contributed by atoms with Gasteiger partial charge in [0.15, 0.2) is 20.3 Å². The molecule has 2 rings (SSSR count). The zero-order chi connectivity index (χ0) is 18.3. The van der Waals surface area contributed by atoms with Crippen molar-refractivity contribution in [3.05, 3.63) is 32.6 Å². The Morgan fingerprint density at radius 2 is 1.96 bits per heavy atom. The monoisotopic (exact) mass is 354 g/mol. The molecule has 7 nitrogen and oxygen atoms in total. The van der Waals surface area contributed by atoms with Crippen LogP contribution in [0.15, 0.2) is 15.8 Å². The quantitative estimate of drug-likeness (QED) is 0.832. The number of hydrogen-bond acceptors (Lipinski definition) is 5. The zero-order valence-electron chi connectivity index (χ0n) is 15.1. The van der Waals surface area contributed by atoms with Gasteiger partial charge in [-0.3, -0.25) is 19.1 Å². The van der Waals surface area contributed by atoms with E-state index in [1.165, 1.54) is 6.20 Å². The molecule has 2 heterocycles. The molecule has 24 heavy (non-hydrogen) atoms. The maximum atomic E-state index is 12.2. The second kappa shape index (κ2) is 6.42. The fraction of sp³-hybridized carbons (Fsp3) is 0.688. The Labute approximate surface area is 142 Å². The van der Waals surface area contributed by atoms with E-state index in [0.717, 1.165) is 4.57 Å². The average Bonchev–Trinajstić information content (AvgIpc) is 2.80. The minimum absolute atomic E-state index is 0.0714. The van der Waals surface area contributed by atoms with Gasteiger partial charge in [-0.05, 0) is 25.1 Å². The standard InChI is InChI=1S/C16H26N2O5Si/c1-10-8-18(15(21)17-13(10)20)14-12(19)7-11(23-14)9-22-24(5,6)16(2,3)4/h8,11,14H,7,9H2,1-6H3,(H,17,20,21)/t11-,14+/m0/s1. The fourth-order valence-corrected chi connectivity index (χ4v) is 3.26. The van der Waals surface area contributed by atoms with Crippen LogP contribution in [-0.4, -0.2) is 36.4 Å². The fourth-order valence-electron chi connectivity index (χ4n) is 2.23. The molecule has 0 spiro atoms. The van der Waals surface area contributed by atoms with Crippen molar-refractivity contribution in [1.29, 1.82) is 0 Å². The van der Waals surface area contributed by atoms with Crippen LogP contribution < -0.4 is 11.2 Å². The molecular weight excluding hydrogens is 328 g/mol. The number of H-pyrrole nitrogens is 1. The summed E-state index contributed by atoms with van der Waals surface area (Å²) in [6.07, 6.45) is 0.182.